The molecule has 2 N–H and O–H groups in total. The average molecular weight is 229 g/mol. The molecule has 0 unspecified atom stereocenters. The van der Waals surface area contributed by atoms with E-state index in [0.29, 0.717) is 16.9 Å². The van der Waals surface area contributed by atoms with Crippen LogP contribution in [0.3, 0.4) is 0 Å². The predicted molar refractivity (Wildman–Crippen MR) is 58.6 cm³/mol. The van der Waals surface area contributed by atoms with E-state index in [1.807, 2.05) is 6.92 Å². The van der Waals surface area contributed by atoms with Gasteiger partial charge in [0.1, 0.15) is 5.75 Å². The highest BCUT2D eigenvalue weighted by Crippen LogP contribution is 2.30. The van der Waals surface area contributed by atoms with Gasteiger partial charge in [0.05, 0.1) is 12.0 Å². The molecule has 0 aliphatic heterocycles. The maximum absolute atomic E-state index is 11.4. The van der Waals surface area contributed by atoms with Gasteiger partial charge < -0.3 is 4.74 Å². The number of aryl methyl sites for hydroxylation is 2. The highest BCUT2D eigenvalue weighted by atomic mass is 32.2. The van der Waals surface area contributed by atoms with E-state index in [0.717, 1.165) is 5.56 Å². The Morgan fingerprint density at radius 3 is 2.13 bits per heavy atom. The van der Waals surface area contributed by atoms with E-state index >= 15 is 0 Å². The topological polar surface area (TPSA) is 69.4 Å². The number of hydrogen-bond donors (Lipinski definition) is 1. The molecule has 0 saturated carbocycles. The van der Waals surface area contributed by atoms with E-state index in [2.05, 4.69) is 0 Å². The van der Waals surface area contributed by atoms with E-state index in [4.69, 9.17) is 9.88 Å². The van der Waals surface area contributed by atoms with Crippen LogP contribution in [0.15, 0.2) is 11.0 Å². The quantitative estimate of drug-likeness (QED) is 0.830. The number of rotatable bonds is 2. The van der Waals surface area contributed by atoms with Crippen molar-refractivity contribution in [2.75, 3.05) is 7.11 Å². The van der Waals surface area contributed by atoms with Crippen molar-refractivity contribution in [3.8, 4) is 5.75 Å². The molecule has 0 saturated heterocycles. The second-order valence-electron chi connectivity index (χ2n) is 3.54. The second-order valence-corrected chi connectivity index (χ2v) is 5.04. The maximum atomic E-state index is 11.4. The number of ether oxygens (including phenoxy) is 1. The van der Waals surface area contributed by atoms with Crippen LogP contribution in [0.25, 0.3) is 0 Å². The van der Waals surface area contributed by atoms with Gasteiger partial charge >= 0.3 is 0 Å². The van der Waals surface area contributed by atoms with Crippen LogP contribution in [0.2, 0.25) is 0 Å². The van der Waals surface area contributed by atoms with Gasteiger partial charge in [0.2, 0.25) is 10.0 Å². The van der Waals surface area contributed by atoms with Crippen LogP contribution >= 0.6 is 0 Å². The number of hydrogen-bond acceptors (Lipinski definition) is 3. The molecule has 1 aromatic rings. The van der Waals surface area contributed by atoms with Crippen molar-refractivity contribution in [3.63, 3.8) is 0 Å². The predicted octanol–water partition coefficient (Wildman–Crippen LogP) is 1.27. The summed E-state index contributed by atoms with van der Waals surface area (Å²) in [6.07, 6.45) is 0. The Kier molecular flexibility index (Phi) is 3.06. The SMILES string of the molecule is COc1c(C)cc(C)c(S(N)(=O)=O)c1C. The van der Waals surface area contributed by atoms with Crippen molar-refractivity contribution in [2.24, 2.45) is 5.14 Å². The van der Waals surface area contributed by atoms with Gasteiger partial charge in [-0.25, -0.2) is 13.6 Å². The van der Waals surface area contributed by atoms with Crippen LogP contribution in [-0.4, -0.2) is 15.5 Å². The fraction of sp³-hybridized carbons (Fsp3) is 0.400. The molecule has 5 heteroatoms. The molecule has 0 aliphatic carbocycles. The number of nitrogens with two attached hydrogens (primary N) is 1. The molecule has 0 bridgehead atoms. The fourth-order valence-electron chi connectivity index (χ4n) is 1.90. The van der Waals surface area contributed by atoms with Crippen molar-refractivity contribution in [3.05, 3.63) is 22.8 Å². The van der Waals surface area contributed by atoms with Crippen molar-refractivity contribution in [1.82, 2.24) is 0 Å². The molecule has 0 aliphatic rings. The number of benzene rings is 1. The molecule has 0 radical (unpaired) electrons. The lowest BCUT2D eigenvalue weighted by Crippen LogP contribution is -2.16. The zero-order valence-corrected chi connectivity index (χ0v) is 10.1. The number of methoxy groups -OCH3 is 1. The fourth-order valence-corrected chi connectivity index (χ4v) is 2.93. The summed E-state index contributed by atoms with van der Waals surface area (Å²) < 4.78 is 27.9. The van der Waals surface area contributed by atoms with Crippen LogP contribution in [0, 0.1) is 20.8 Å². The van der Waals surface area contributed by atoms with Gasteiger partial charge in [0.15, 0.2) is 0 Å². The van der Waals surface area contributed by atoms with E-state index in [1.165, 1.54) is 7.11 Å². The Morgan fingerprint density at radius 2 is 1.73 bits per heavy atom. The minimum absolute atomic E-state index is 0.157. The highest BCUT2D eigenvalue weighted by molar-refractivity contribution is 7.89. The van der Waals surface area contributed by atoms with Gasteiger partial charge in [-0.15, -0.1) is 0 Å². The summed E-state index contributed by atoms with van der Waals surface area (Å²) in [7, 11) is -2.18. The molecule has 1 aromatic carbocycles. The van der Waals surface area contributed by atoms with Crippen LogP contribution in [0.5, 0.6) is 5.75 Å². The van der Waals surface area contributed by atoms with Crippen molar-refractivity contribution >= 4 is 10.0 Å². The Balaban J connectivity index is 3.68. The van der Waals surface area contributed by atoms with Crippen molar-refractivity contribution in [2.45, 2.75) is 25.7 Å². The Hall–Kier alpha value is -1.07. The van der Waals surface area contributed by atoms with Gasteiger partial charge in [-0.2, -0.15) is 0 Å². The van der Waals surface area contributed by atoms with Gasteiger partial charge in [-0.05, 0) is 31.9 Å². The molecule has 0 heterocycles. The van der Waals surface area contributed by atoms with E-state index in [1.54, 1.807) is 19.9 Å². The lowest BCUT2D eigenvalue weighted by molar-refractivity contribution is 0.406. The molecular formula is C10H15NO3S. The Morgan fingerprint density at radius 1 is 1.20 bits per heavy atom. The smallest absolute Gasteiger partial charge is 0.238 e. The van der Waals surface area contributed by atoms with E-state index in [-0.39, 0.29) is 4.90 Å². The first-order valence-electron chi connectivity index (χ1n) is 4.46. The first kappa shape index (κ1) is 12.0. The molecule has 0 amide bonds. The third-order valence-electron chi connectivity index (χ3n) is 2.32. The maximum Gasteiger partial charge on any atom is 0.238 e. The molecule has 0 atom stereocenters. The lowest BCUT2D eigenvalue weighted by Gasteiger charge is -2.14. The Bertz CT molecular complexity index is 492. The molecule has 0 spiro atoms. The minimum Gasteiger partial charge on any atom is -0.496 e. The summed E-state index contributed by atoms with van der Waals surface area (Å²) in [5.74, 6) is 0.574. The molecule has 0 aromatic heterocycles. The van der Waals surface area contributed by atoms with Crippen LogP contribution in [0.1, 0.15) is 16.7 Å². The summed E-state index contributed by atoms with van der Waals surface area (Å²) in [6, 6.07) is 1.76. The van der Waals surface area contributed by atoms with Crippen LogP contribution in [0.4, 0.5) is 0 Å². The molecule has 15 heavy (non-hydrogen) atoms. The first-order chi connectivity index (χ1) is 6.79. The molecule has 0 fully saturated rings. The van der Waals surface area contributed by atoms with Crippen molar-refractivity contribution < 1.29 is 13.2 Å². The summed E-state index contributed by atoms with van der Waals surface area (Å²) in [6.45, 7) is 5.28. The Labute approximate surface area is 90.1 Å². The van der Waals surface area contributed by atoms with Crippen LogP contribution < -0.4 is 9.88 Å². The van der Waals surface area contributed by atoms with Crippen LogP contribution in [-0.2, 0) is 10.0 Å². The van der Waals surface area contributed by atoms with Gasteiger partial charge in [0.25, 0.3) is 0 Å². The first-order valence-corrected chi connectivity index (χ1v) is 6.01. The van der Waals surface area contributed by atoms with E-state index in [9.17, 15) is 8.42 Å². The van der Waals surface area contributed by atoms with Crippen molar-refractivity contribution in [1.29, 1.82) is 0 Å². The zero-order chi connectivity index (χ0) is 11.8. The molecule has 1 rings (SSSR count). The molecule has 4 nitrogen and oxygen atoms in total. The summed E-state index contributed by atoms with van der Waals surface area (Å²) >= 11 is 0. The standard InChI is InChI=1S/C10H15NO3S/c1-6-5-7(2)10(15(11,12)13)8(3)9(6)14-4/h5H,1-4H3,(H2,11,12,13). The largest absolute Gasteiger partial charge is 0.496 e. The highest BCUT2D eigenvalue weighted by Gasteiger charge is 2.19. The summed E-state index contributed by atoms with van der Waals surface area (Å²) in [5.41, 5.74) is 2.12. The molecule has 84 valence electrons. The number of sulfonamides is 1. The monoisotopic (exact) mass is 229 g/mol. The third-order valence-corrected chi connectivity index (χ3v) is 3.52. The average Bonchev–Trinajstić information content (AvgIpc) is 2.00. The summed E-state index contributed by atoms with van der Waals surface area (Å²) in [5, 5.41) is 5.15. The summed E-state index contributed by atoms with van der Waals surface area (Å²) in [4.78, 5) is 0.157. The minimum atomic E-state index is -3.69. The molecular weight excluding hydrogens is 214 g/mol. The van der Waals surface area contributed by atoms with E-state index < -0.39 is 10.0 Å². The van der Waals surface area contributed by atoms with Gasteiger partial charge in [-0.1, -0.05) is 6.07 Å². The normalized spacial score (nSPS) is 11.5. The van der Waals surface area contributed by atoms with Gasteiger partial charge in [-0.3, -0.25) is 0 Å². The van der Waals surface area contributed by atoms with Gasteiger partial charge in [0, 0.05) is 5.56 Å². The second kappa shape index (κ2) is 3.83. The third kappa shape index (κ3) is 2.13. The number of primary sulfonamides is 1. The lowest BCUT2D eigenvalue weighted by atomic mass is 10.1. The zero-order valence-electron chi connectivity index (χ0n) is 9.29.